The molecular formula is C15H23N3O2. The molecule has 0 bridgehead atoms. The van der Waals surface area contributed by atoms with Crippen LogP contribution >= 0.6 is 0 Å². The number of aromatic nitrogens is 1. The van der Waals surface area contributed by atoms with Gasteiger partial charge < -0.3 is 15.0 Å². The summed E-state index contributed by atoms with van der Waals surface area (Å²) in [5.74, 6) is 0. The number of ether oxygens (including phenoxy) is 1. The normalized spacial score (nSPS) is 17.5. The molecular weight excluding hydrogens is 254 g/mol. The molecule has 2 heterocycles. The van der Waals surface area contributed by atoms with Gasteiger partial charge in [-0.15, -0.1) is 0 Å². The van der Waals surface area contributed by atoms with Crippen LogP contribution in [0.25, 0.3) is 0 Å². The molecule has 0 radical (unpaired) electrons. The Morgan fingerprint density at radius 2 is 2.20 bits per heavy atom. The highest BCUT2D eigenvalue weighted by Gasteiger charge is 2.34. The van der Waals surface area contributed by atoms with E-state index in [1.165, 1.54) is 0 Å². The second-order valence-corrected chi connectivity index (χ2v) is 6.26. The first-order valence-electron chi connectivity index (χ1n) is 6.99. The summed E-state index contributed by atoms with van der Waals surface area (Å²) in [5.41, 5.74) is 0.724. The third-order valence-electron chi connectivity index (χ3n) is 3.20. The first kappa shape index (κ1) is 14.8. The molecule has 1 N–H and O–H groups in total. The molecule has 2 rings (SSSR count). The highest BCUT2D eigenvalue weighted by atomic mass is 16.6. The lowest BCUT2D eigenvalue weighted by molar-refractivity contribution is 0.00433. The minimum absolute atomic E-state index is 0.231. The second-order valence-electron chi connectivity index (χ2n) is 6.26. The molecule has 0 saturated carbocycles. The van der Waals surface area contributed by atoms with E-state index in [2.05, 4.69) is 23.3 Å². The van der Waals surface area contributed by atoms with Crippen LogP contribution in [0.3, 0.4) is 0 Å². The van der Waals surface area contributed by atoms with Crippen LogP contribution in [0, 0.1) is 0 Å². The Bertz CT molecular complexity index is 450. The molecule has 110 valence electrons. The van der Waals surface area contributed by atoms with Crippen LogP contribution in [0.15, 0.2) is 24.5 Å². The smallest absolute Gasteiger partial charge is 0.410 e. The highest BCUT2D eigenvalue weighted by molar-refractivity contribution is 5.69. The maximum Gasteiger partial charge on any atom is 0.410 e. The predicted octanol–water partition coefficient (Wildman–Crippen LogP) is 2.35. The van der Waals surface area contributed by atoms with Crippen LogP contribution in [0.1, 0.15) is 39.3 Å². The van der Waals surface area contributed by atoms with E-state index < -0.39 is 5.60 Å². The van der Waals surface area contributed by atoms with Gasteiger partial charge in [-0.05, 0) is 39.3 Å². The van der Waals surface area contributed by atoms with Gasteiger partial charge in [0, 0.05) is 37.6 Å². The fourth-order valence-corrected chi connectivity index (χ4v) is 2.14. The fourth-order valence-electron chi connectivity index (χ4n) is 2.14. The Labute approximate surface area is 120 Å². The second kappa shape index (κ2) is 5.79. The first-order valence-corrected chi connectivity index (χ1v) is 6.99. The lowest BCUT2D eigenvalue weighted by Crippen LogP contribution is -2.60. The Morgan fingerprint density at radius 3 is 2.75 bits per heavy atom. The molecule has 1 aromatic rings. The van der Waals surface area contributed by atoms with Crippen molar-refractivity contribution in [2.75, 3.05) is 13.1 Å². The molecule has 5 nitrogen and oxygen atoms in total. The summed E-state index contributed by atoms with van der Waals surface area (Å²) in [6.45, 7) is 9.13. The molecule has 1 amide bonds. The van der Waals surface area contributed by atoms with E-state index in [4.69, 9.17) is 4.74 Å². The third-order valence-corrected chi connectivity index (χ3v) is 3.20. The van der Waals surface area contributed by atoms with Gasteiger partial charge in [-0.1, -0.05) is 6.07 Å². The van der Waals surface area contributed by atoms with Crippen molar-refractivity contribution in [2.24, 2.45) is 0 Å². The zero-order valence-electron chi connectivity index (χ0n) is 12.6. The third kappa shape index (κ3) is 3.93. The molecule has 20 heavy (non-hydrogen) atoms. The Hall–Kier alpha value is -1.62. The maximum atomic E-state index is 11.8. The molecule has 0 spiro atoms. The Balaban J connectivity index is 1.76. The van der Waals surface area contributed by atoms with Crippen molar-refractivity contribution >= 4 is 6.09 Å². The highest BCUT2D eigenvalue weighted by Crippen LogP contribution is 2.18. The minimum atomic E-state index is -0.432. The average molecular weight is 277 g/mol. The first-order chi connectivity index (χ1) is 9.35. The zero-order chi connectivity index (χ0) is 14.8. The number of amides is 1. The van der Waals surface area contributed by atoms with E-state index in [-0.39, 0.29) is 12.1 Å². The van der Waals surface area contributed by atoms with Gasteiger partial charge in [-0.25, -0.2) is 4.79 Å². The summed E-state index contributed by atoms with van der Waals surface area (Å²) in [6, 6.07) is 4.53. The van der Waals surface area contributed by atoms with E-state index in [1.807, 2.05) is 33.0 Å². The number of likely N-dealkylation sites (tertiary alicyclic amines) is 1. The molecule has 5 heteroatoms. The molecule has 0 aliphatic carbocycles. The van der Waals surface area contributed by atoms with Crippen LogP contribution < -0.4 is 5.32 Å². The van der Waals surface area contributed by atoms with E-state index in [1.54, 1.807) is 11.1 Å². The number of hydrogen-bond donors (Lipinski definition) is 1. The topological polar surface area (TPSA) is 54.5 Å². The quantitative estimate of drug-likeness (QED) is 0.921. The predicted molar refractivity (Wildman–Crippen MR) is 77.4 cm³/mol. The van der Waals surface area contributed by atoms with Crippen molar-refractivity contribution in [3.8, 4) is 0 Å². The summed E-state index contributed by atoms with van der Waals surface area (Å²) >= 11 is 0. The van der Waals surface area contributed by atoms with Crippen LogP contribution in [0.5, 0.6) is 0 Å². The summed E-state index contributed by atoms with van der Waals surface area (Å²) in [7, 11) is 0. The number of nitrogens with zero attached hydrogens (tertiary/aromatic N) is 2. The van der Waals surface area contributed by atoms with E-state index >= 15 is 0 Å². The minimum Gasteiger partial charge on any atom is -0.444 e. The molecule has 1 saturated heterocycles. The number of hydrogen-bond acceptors (Lipinski definition) is 4. The van der Waals surface area contributed by atoms with Gasteiger partial charge in [0.25, 0.3) is 0 Å². The fraction of sp³-hybridized carbons (Fsp3) is 0.600. The number of rotatable bonds is 3. The largest absolute Gasteiger partial charge is 0.444 e. The average Bonchev–Trinajstić information content (AvgIpc) is 2.31. The van der Waals surface area contributed by atoms with Gasteiger partial charge >= 0.3 is 6.09 Å². The number of pyridine rings is 1. The number of nitrogens with one attached hydrogen (secondary N) is 1. The molecule has 0 aromatic carbocycles. The Morgan fingerprint density at radius 1 is 1.50 bits per heavy atom. The van der Waals surface area contributed by atoms with Crippen LogP contribution in [-0.4, -0.2) is 40.7 Å². The van der Waals surface area contributed by atoms with Gasteiger partial charge in [-0.3, -0.25) is 4.98 Å². The van der Waals surface area contributed by atoms with E-state index in [0.717, 1.165) is 5.56 Å². The van der Waals surface area contributed by atoms with Crippen molar-refractivity contribution in [3.05, 3.63) is 30.1 Å². The van der Waals surface area contributed by atoms with Crippen molar-refractivity contribution in [2.45, 2.75) is 45.4 Å². The molecule has 1 fully saturated rings. The SMILES string of the molecule is CC(NC1CN(C(=O)OC(C)(C)C)C1)c1cccnc1. The molecule has 1 aromatic heterocycles. The standard InChI is InChI=1S/C15H23N3O2/c1-11(12-6-5-7-16-8-12)17-13-9-18(10-13)14(19)20-15(2,3)4/h5-8,11,13,17H,9-10H2,1-4H3. The van der Waals surface area contributed by atoms with E-state index in [9.17, 15) is 4.79 Å². The van der Waals surface area contributed by atoms with E-state index in [0.29, 0.717) is 19.1 Å². The van der Waals surface area contributed by atoms with Gasteiger partial charge in [0.2, 0.25) is 0 Å². The van der Waals surface area contributed by atoms with Crippen molar-refractivity contribution < 1.29 is 9.53 Å². The number of carbonyl (C=O) groups is 1. The molecule has 1 aliphatic rings. The monoisotopic (exact) mass is 277 g/mol. The molecule has 1 unspecified atom stereocenters. The van der Waals surface area contributed by atoms with Crippen LogP contribution in [-0.2, 0) is 4.74 Å². The maximum absolute atomic E-state index is 11.8. The lowest BCUT2D eigenvalue weighted by Gasteiger charge is -2.41. The van der Waals surface area contributed by atoms with Gasteiger partial charge in [-0.2, -0.15) is 0 Å². The summed E-state index contributed by atoms with van der Waals surface area (Å²) in [6.07, 6.45) is 3.40. The summed E-state index contributed by atoms with van der Waals surface area (Å²) in [4.78, 5) is 17.6. The van der Waals surface area contributed by atoms with Crippen molar-refractivity contribution in [1.82, 2.24) is 15.2 Å². The summed E-state index contributed by atoms with van der Waals surface area (Å²) in [5, 5.41) is 3.49. The van der Waals surface area contributed by atoms with Gasteiger partial charge in [0.1, 0.15) is 5.60 Å². The van der Waals surface area contributed by atoms with Crippen molar-refractivity contribution in [3.63, 3.8) is 0 Å². The molecule has 1 atom stereocenters. The molecule has 1 aliphatic heterocycles. The van der Waals surface area contributed by atoms with Gasteiger partial charge in [0.05, 0.1) is 0 Å². The lowest BCUT2D eigenvalue weighted by atomic mass is 10.1. The van der Waals surface area contributed by atoms with Crippen LogP contribution in [0.4, 0.5) is 4.79 Å². The van der Waals surface area contributed by atoms with Gasteiger partial charge in [0.15, 0.2) is 0 Å². The van der Waals surface area contributed by atoms with Crippen molar-refractivity contribution in [1.29, 1.82) is 0 Å². The zero-order valence-corrected chi connectivity index (χ0v) is 12.6. The van der Waals surface area contributed by atoms with Crippen LogP contribution in [0.2, 0.25) is 0 Å². The number of carbonyl (C=O) groups excluding carboxylic acids is 1. The Kier molecular flexibility index (Phi) is 4.28. The summed E-state index contributed by atoms with van der Waals surface area (Å²) < 4.78 is 5.33.